The van der Waals surface area contributed by atoms with Crippen molar-refractivity contribution in [3.63, 3.8) is 0 Å². The highest BCUT2D eigenvalue weighted by Gasteiger charge is 2.08. The molecule has 0 aliphatic heterocycles. The molecule has 0 bridgehead atoms. The van der Waals surface area contributed by atoms with Gasteiger partial charge in [0, 0.05) is 28.7 Å². The van der Waals surface area contributed by atoms with Crippen LogP contribution < -0.4 is 10.9 Å². The Morgan fingerprint density at radius 1 is 1.18 bits per heavy atom. The Balaban J connectivity index is 1.41. The average Bonchev–Trinajstić information content (AvgIpc) is 3.23. The van der Waals surface area contributed by atoms with Crippen molar-refractivity contribution in [3.8, 4) is 11.3 Å². The fraction of sp³-hybridized carbons (Fsp3) is 0.100. The fourth-order valence-corrected chi connectivity index (χ4v) is 3.17. The highest BCUT2D eigenvalue weighted by Crippen LogP contribution is 2.20. The minimum atomic E-state index is -0.186. The molecule has 0 fully saturated rings. The van der Waals surface area contributed by atoms with E-state index in [0.29, 0.717) is 22.4 Å². The van der Waals surface area contributed by atoms with Crippen molar-refractivity contribution in [1.82, 2.24) is 14.5 Å². The molecule has 1 amide bonds. The predicted octanol–water partition coefficient (Wildman–Crippen LogP) is 3.84. The lowest BCUT2D eigenvalue weighted by Crippen LogP contribution is -2.23. The molecule has 140 valence electrons. The number of amides is 1. The molecule has 1 N–H and O–H groups in total. The van der Waals surface area contributed by atoms with Gasteiger partial charge in [0.15, 0.2) is 12.2 Å². The lowest BCUT2D eigenvalue weighted by molar-refractivity contribution is -0.116. The summed E-state index contributed by atoms with van der Waals surface area (Å²) in [5, 5.41) is 3.34. The number of carbonyl (C=O) groups is 1. The van der Waals surface area contributed by atoms with Gasteiger partial charge < -0.3 is 9.73 Å². The summed E-state index contributed by atoms with van der Waals surface area (Å²) in [5.74, 6) is 0.473. The Bertz CT molecular complexity index is 1180. The monoisotopic (exact) mass is 438 g/mol. The molecule has 8 heteroatoms. The molecular formula is C20H15BrN4O3. The van der Waals surface area contributed by atoms with Gasteiger partial charge in [0.1, 0.15) is 0 Å². The highest BCUT2D eigenvalue weighted by molar-refractivity contribution is 9.10. The second-order valence-corrected chi connectivity index (χ2v) is 7.06. The maximum Gasteiger partial charge on any atom is 0.261 e. The van der Waals surface area contributed by atoms with Crippen LogP contribution >= 0.6 is 15.9 Å². The van der Waals surface area contributed by atoms with Crippen LogP contribution in [-0.2, 0) is 11.3 Å². The van der Waals surface area contributed by atoms with Gasteiger partial charge in [-0.1, -0.05) is 15.9 Å². The molecule has 0 atom stereocenters. The summed E-state index contributed by atoms with van der Waals surface area (Å²) in [7, 11) is 0. The lowest BCUT2D eigenvalue weighted by Gasteiger charge is -2.08. The smallest absolute Gasteiger partial charge is 0.261 e. The van der Waals surface area contributed by atoms with E-state index in [9.17, 15) is 9.59 Å². The minimum Gasteiger partial charge on any atom is -0.444 e. The Hall–Kier alpha value is -3.26. The topological polar surface area (TPSA) is 90.0 Å². The van der Waals surface area contributed by atoms with Crippen LogP contribution in [0.4, 0.5) is 5.69 Å². The molecule has 0 saturated heterocycles. The average molecular weight is 439 g/mol. The zero-order chi connectivity index (χ0) is 19.5. The van der Waals surface area contributed by atoms with Crippen LogP contribution in [0.1, 0.15) is 6.42 Å². The third kappa shape index (κ3) is 3.86. The molecule has 0 aliphatic carbocycles. The van der Waals surface area contributed by atoms with Gasteiger partial charge in [-0.2, -0.15) is 0 Å². The highest BCUT2D eigenvalue weighted by atomic mass is 79.9. The SMILES string of the molecule is O=C(CCn1cnc2ccc(Br)cc2c1=O)Nc1ccc(-c2cnco2)cc1. The maximum atomic E-state index is 12.6. The summed E-state index contributed by atoms with van der Waals surface area (Å²) in [6.07, 6.45) is 4.62. The van der Waals surface area contributed by atoms with Crippen molar-refractivity contribution >= 4 is 38.4 Å². The van der Waals surface area contributed by atoms with E-state index in [4.69, 9.17) is 4.42 Å². The number of nitrogens with one attached hydrogen (secondary N) is 1. The molecule has 0 spiro atoms. The number of carbonyl (C=O) groups excluding carboxylic acids is 1. The number of halogens is 1. The van der Waals surface area contributed by atoms with Crippen molar-refractivity contribution in [2.45, 2.75) is 13.0 Å². The van der Waals surface area contributed by atoms with Gasteiger partial charge >= 0.3 is 0 Å². The molecule has 2 heterocycles. The van der Waals surface area contributed by atoms with Gasteiger partial charge in [0.2, 0.25) is 5.91 Å². The van der Waals surface area contributed by atoms with E-state index in [1.54, 1.807) is 30.5 Å². The number of nitrogens with zero attached hydrogens (tertiary/aromatic N) is 3. The van der Waals surface area contributed by atoms with E-state index in [2.05, 4.69) is 31.2 Å². The minimum absolute atomic E-state index is 0.158. The van der Waals surface area contributed by atoms with Crippen LogP contribution in [0, 0.1) is 0 Å². The van der Waals surface area contributed by atoms with Gasteiger partial charge in [-0.15, -0.1) is 0 Å². The number of benzene rings is 2. The quantitative estimate of drug-likeness (QED) is 0.511. The van der Waals surface area contributed by atoms with Crippen LogP contribution in [0.5, 0.6) is 0 Å². The second-order valence-electron chi connectivity index (χ2n) is 6.15. The largest absolute Gasteiger partial charge is 0.444 e. The van der Waals surface area contributed by atoms with E-state index < -0.39 is 0 Å². The second kappa shape index (κ2) is 7.77. The van der Waals surface area contributed by atoms with Crippen LogP contribution in [0.2, 0.25) is 0 Å². The molecule has 0 unspecified atom stereocenters. The summed E-state index contributed by atoms with van der Waals surface area (Å²) in [4.78, 5) is 33.0. The third-order valence-electron chi connectivity index (χ3n) is 4.25. The summed E-state index contributed by atoms with van der Waals surface area (Å²) in [6, 6.07) is 12.6. The summed E-state index contributed by atoms with van der Waals surface area (Å²) >= 11 is 3.36. The van der Waals surface area contributed by atoms with E-state index in [0.717, 1.165) is 10.0 Å². The first-order valence-electron chi connectivity index (χ1n) is 8.53. The lowest BCUT2D eigenvalue weighted by atomic mass is 10.1. The van der Waals surface area contributed by atoms with Gasteiger partial charge in [-0.3, -0.25) is 14.2 Å². The molecule has 2 aromatic carbocycles. The van der Waals surface area contributed by atoms with Crippen LogP contribution in [0.25, 0.3) is 22.2 Å². The zero-order valence-corrected chi connectivity index (χ0v) is 16.2. The number of fused-ring (bicyclic) bond motifs is 1. The standard InChI is InChI=1S/C20H15BrN4O3/c21-14-3-6-17-16(9-14)20(27)25(11-23-17)8-7-19(26)24-15-4-1-13(2-5-15)18-10-22-12-28-18/h1-6,9-12H,7-8H2,(H,24,26). The van der Waals surface area contributed by atoms with E-state index in [-0.39, 0.29) is 24.4 Å². The molecule has 4 aromatic rings. The van der Waals surface area contributed by atoms with E-state index >= 15 is 0 Å². The number of hydrogen-bond donors (Lipinski definition) is 1. The molecule has 4 rings (SSSR count). The fourth-order valence-electron chi connectivity index (χ4n) is 2.81. The van der Waals surface area contributed by atoms with Gasteiger partial charge in [0.05, 0.1) is 23.4 Å². The van der Waals surface area contributed by atoms with Crippen molar-refractivity contribution in [3.05, 3.63) is 76.2 Å². The van der Waals surface area contributed by atoms with Crippen molar-refractivity contribution in [1.29, 1.82) is 0 Å². The Kier molecular flexibility index (Phi) is 5.03. The van der Waals surface area contributed by atoms with Crippen molar-refractivity contribution < 1.29 is 9.21 Å². The van der Waals surface area contributed by atoms with Gasteiger partial charge in [0.25, 0.3) is 5.56 Å². The first-order valence-corrected chi connectivity index (χ1v) is 9.33. The number of aryl methyl sites for hydroxylation is 1. The molecule has 0 aliphatic rings. The molecule has 0 radical (unpaired) electrons. The van der Waals surface area contributed by atoms with Gasteiger partial charge in [-0.05, 0) is 42.5 Å². The molecular weight excluding hydrogens is 424 g/mol. The van der Waals surface area contributed by atoms with E-state index in [1.807, 2.05) is 18.2 Å². The number of oxazole rings is 1. The molecule has 7 nitrogen and oxygen atoms in total. The number of rotatable bonds is 5. The molecule has 28 heavy (non-hydrogen) atoms. The van der Waals surface area contributed by atoms with E-state index in [1.165, 1.54) is 17.3 Å². The van der Waals surface area contributed by atoms with Crippen molar-refractivity contribution in [2.75, 3.05) is 5.32 Å². The molecule has 0 saturated carbocycles. The Morgan fingerprint density at radius 3 is 2.75 bits per heavy atom. The molecule has 2 aromatic heterocycles. The maximum absolute atomic E-state index is 12.6. The summed E-state index contributed by atoms with van der Waals surface area (Å²) in [5.41, 5.74) is 1.99. The van der Waals surface area contributed by atoms with Crippen LogP contribution in [0.15, 0.2) is 75.1 Å². The van der Waals surface area contributed by atoms with Crippen LogP contribution in [0.3, 0.4) is 0 Å². The van der Waals surface area contributed by atoms with Crippen LogP contribution in [-0.4, -0.2) is 20.4 Å². The first kappa shape index (κ1) is 18.1. The number of anilines is 1. The number of hydrogen-bond acceptors (Lipinski definition) is 5. The predicted molar refractivity (Wildman–Crippen MR) is 109 cm³/mol. The summed E-state index contributed by atoms with van der Waals surface area (Å²) < 4.78 is 7.49. The number of aromatic nitrogens is 3. The third-order valence-corrected chi connectivity index (χ3v) is 4.74. The first-order chi connectivity index (χ1) is 13.6. The Labute approximate surface area is 168 Å². The Morgan fingerprint density at radius 2 is 2.00 bits per heavy atom. The summed E-state index contributed by atoms with van der Waals surface area (Å²) in [6.45, 7) is 0.246. The van der Waals surface area contributed by atoms with Gasteiger partial charge in [-0.25, -0.2) is 9.97 Å². The van der Waals surface area contributed by atoms with Crippen molar-refractivity contribution in [2.24, 2.45) is 0 Å². The zero-order valence-electron chi connectivity index (χ0n) is 14.6. The normalized spacial score (nSPS) is 10.9.